The van der Waals surface area contributed by atoms with Gasteiger partial charge in [-0.3, -0.25) is 5.32 Å². The summed E-state index contributed by atoms with van der Waals surface area (Å²) in [4.78, 5) is 10.8. The molecule has 0 heterocycles. The van der Waals surface area contributed by atoms with E-state index in [1.807, 2.05) is 0 Å². The van der Waals surface area contributed by atoms with Crippen molar-refractivity contribution in [2.24, 2.45) is 0 Å². The van der Waals surface area contributed by atoms with Crippen molar-refractivity contribution in [3.05, 3.63) is 11.6 Å². The molecule has 1 unspecified atom stereocenters. The third-order valence-corrected chi connectivity index (χ3v) is 2.31. The molecule has 0 aliphatic heterocycles. The summed E-state index contributed by atoms with van der Waals surface area (Å²) in [7, 11) is 1.65. The predicted octanol–water partition coefficient (Wildman–Crippen LogP) is 0.773. The van der Waals surface area contributed by atoms with E-state index in [-0.39, 0.29) is 0 Å². The highest BCUT2D eigenvalue weighted by molar-refractivity contribution is 5.92. The van der Waals surface area contributed by atoms with Crippen molar-refractivity contribution in [3.8, 4) is 12.3 Å². The van der Waals surface area contributed by atoms with Gasteiger partial charge in [0, 0.05) is 6.42 Å². The number of carbonyl (C=O) groups is 1. The van der Waals surface area contributed by atoms with Crippen LogP contribution >= 0.6 is 0 Å². The molecule has 1 atom stereocenters. The molecule has 13 heavy (non-hydrogen) atoms. The first-order valence-corrected chi connectivity index (χ1v) is 4.25. The second-order valence-corrected chi connectivity index (χ2v) is 3.09. The van der Waals surface area contributed by atoms with Crippen LogP contribution in [0.3, 0.4) is 0 Å². The van der Waals surface area contributed by atoms with Crippen molar-refractivity contribution < 1.29 is 9.90 Å². The van der Waals surface area contributed by atoms with Gasteiger partial charge in [0.25, 0.3) is 0 Å². The Morgan fingerprint density at radius 1 is 1.85 bits per heavy atom. The zero-order valence-corrected chi connectivity index (χ0v) is 7.63. The summed E-state index contributed by atoms with van der Waals surface area (Å²) in [5.41, 5.74) is 0.0898. The van der Waals surface area contributed by atoms with Crippen LogP contribution in [0.1, 0.15) is 19.3 Å². The average Bonchev–Trinajstić information content (AvgIpc) is 2.81. The minimum atomic E-state index is -0.853. The summed E-state index contributed by atoms with van der Waals surface area (Å²) >= 11 is 0. The van der Waals surface area contributed by atoms with E-state index in [0.29, 0.717) is 6.42 Å². The fourth-order valence-electron chi connectivity index (χ4n) is 1.41. The molecule has 3 nitrogen and oxygen atoms in total. The summed E-state index contributed by atoms with van der Waals surface area (Å²) in [6.45, 7) is 0. The standard InChI is InChI=1S/C10H13NO2/c1-3-4-5-6-8-7-10(8,11-2)9(12)13/h1,7,11H,4-6H2,2H3,(H,12,13). The number of unbranched alkanes of at least 4 members (excludes halogenated alkanes) is 1. The lowest BCUT2D eigenvalue weighted by molar-refractivity contribution is -0.139. The van der Waals surface area contributed by atoms with Crippen molar-refractivity contribution in [1.29, 1.82) is 0 Å². The third kappa shape index (κ3) is 1.73. The zero-order valence-electron chi connectivity index (χ0n) is 7.63. The van der Waals surface area contributed by atoms with E-state index >= 15 is 0 Å². The van der Waals surface area contributed by atoms with E-state index in [4.69, 9.17) is 11.5 Å². The molecule has 0 saturated carbocycles. The van der Waals surface area contributed by atoms with Gasteiger partial charge in [-0.25, -0.2) is 4.79 Å². The lowest BCUT2D eigenvalue weighted by atomic mass is 10.1. The number of hydrogen-bond donors (Lipinski definition) is 2. The first kappa shape index (κ1) is 9.82. The Bertz CT molecular complexity index is 288. The normalized spacial score (nSPS) is 24.8. The number of aliphatic carboxylic acids is 1. The number of hydrogen-bond acceptors (Lipinski definition) is 2. The molecule has 1 rings (SSSR count). The molecule has 0 bridgehead atoms. The highest BCUT2D eigenvalue weighted by Crippen LogP contribution is 2.37. The fraction of sp³-hybridized carbons (Fsp3) is 0.500. The van der Waals surface area contributed by atoms with Crippen molar-refractivity contribution in [2.45, 2.75) is 24.8 Å². The maximum Gasteiger partial charge on any atom is 0.332 e. The molecule has 0 aromatic rings. The number of terminal acetylenes is 1. The lowest BCUT2D eigenvalue weighted by Gasteiger charge is -2.11. The Hall–Kier alpha value is -1.27. The molecule has 70 valence electrons. The van der Waals surface area contributed by atoms with Crippen molar-refractivity contribution in [1.82, 2.24) is 5.32 Å². The highest BCUT2D eigenvalue weighted by Gasteiger charge is 2.49. The van der Waals surface area contributed by atoms with E-state index in [2.05, 4.69) is 11.2 Å². The summed E-state index contributed by atoms with van der Waals surface area (Å²) < 4.78 is 0. The lowest BCUT2D eigenvalue weighted by Crippen LogP contribution is -2.39. The largest absolute Gasteiger partial charge is 0.479 e. The van der Waals surface area contributed by atoms with E-state index < -0.39 is 11.5 Å². The third-order valence-electron chi connectivity index (χ3n) is 2.31. The van der Waals surface area contributed by atoms with Crippen LogP contribution in [0, 0.1) is 12.3 Å². The second kappa shape index (κ2) is 3.63. The second-order valence-electron chi connectivity index (χ2n) is 3.09. The smallest absolute Gasteiger partial charge is 0.332 e. The van der Waals surface area contributed by atoms with Gasteiger partial charge in [-0.15, -0.1) is 12.3 Å². The molecular weight excluding hydrogens is 166 g/mol. The molecular formula is C10H13NO2. The monoisotopic (exact) mass is 179 g/mol. The van der Waals surface area contributed by atoms with Crippen LogP contribution in [-0.4, -0.2) is 23.7 Å². The molecule has 3 heteroatoms. The van der Waals surface area contributed by atoms with Gasteiger partial charge >= 0.3 is 5.97 Å². The summed E-state index contributed by atoms with van der Waals surface area (Å²) in [6.07, 6.45) is 9.18. The van der Waals surface area contributed by atoms with Gasteiger partial charge in [-0.1, -0.05) is 0 Å². The van der Waals surface area contributed by atoms with Gasteiger partial charge in [0.2, 0.25) is 0 Å². The summed E-state index contributed by atoms with van der Waals surface area (Å²) in [5.74, 6) is 1.70. The zero-order chi connectivity index (χ0) is 9.90. The van der Waals surface area contributed by atoms with E-state index in [9.17, 15) is 4.79 Å². The molecule has 0 amide bonds. The van der Waals surface area contributed by atoms with Crippen molar-refractivity contribution in [3.63, 3.8) is 0 Å². The first-order valence-electron chi connectivity index (χ1n) is 4.25. The highest BCUT2D eigenvalue weighted by atomic mass is 16.4. The SMILES string of the molecule is C#CCCCC1=CC1(NC)C(=O)O. The Morgan fingerprint density at radius 2 is 2.54 bits per heavy atom. The van der Waals surface area contributed by atoms with Crippen LogP contribution in [-0.2, 0) is 4.79 Å². The van der Waals surface area contributed by atoms with E-state index in [1.165, 1.54) is 0 Å². The van der Waals surface area contributed by atoms with Crippen molar-refractivity contribution in [2.75, 3.05) is 7.05 Å². The summed E-state index contributed by atoms with van der Waals surface area (Å²) in [6, 6.07) is 0. The molecule has 0 spiro atoms. The minimum Gasteiger partial charge on any atom is -0.479 e. The van der Waals surface area contributed by atoms with Gasteiger partial charge in [0.05, 0.1) is 0 Å². The molecule has 0 saturated heterocycles. The number of carboxylic acid groups (broad SMARTS) is 1. The van der Waals surface area contributed by atoms with Crippen LogP contribution in [0.2, 0.25) is 0 Å². The van der Waals surface area contributed by atoms with Crippen LogP contribution in [0.15, 0.2) is 11.6 Å². The van der Waals surface area contributed by atoms with E-state index in [1.54, 1.807) is 13.1 Å². The van der Waals surface area contributed by atoms with Gasteiger partial charge in [0.1, 0.15) is 0 Å². The Labute approximate surface area is 77.8 Å². The molecule has 1 aliphatic rings. The van der Waals surface area contributed by atoms with Crippen LogP contribution in [0.4, 0.5) is 0 Å². The Morgan fingerprint density at radius 3 is 2.92 bits per heavy atom. The van der Waals surface area contributed by atoms with Crippen LogP contribution in [0.25, 0.3) is 0 Å². The van der Waals surface area contributed by atoms with Gasteiger partial charge in [0.15, 0.2) is 5.54 Å². The molecule has 0 fully saturated rings. The van der Waals surface area contributed by atoms with Crippen molar-refractivity contribution >= 4 is 5.97 Å². The molecule has 2 N–H and O–H groups in total. The number of nitrogens with one attached hydrogen (secondary N) is 1. The molecule has 0 aromatic heterocycles. The average molecular weight is 179 g/mol. The fourth-order valence-corrected chi connectivity index (χ4v) is 1.41. The number of carboxylic acids is 1. The van der Waals surface area contributed by atoms with Gasteiger partial charge in [-0.05, 0) is 31.5 Å². The quantitative estimate of drug-likeness (QED) is 0.372. The molecule has 0 radical (unpaired) electrons. The topological polar surface area (TPSA) is 49.3 Å². The number of rotatable bonds is 5. The van der Waals surface area contributed by atoms with Crippen LogP contribution < -0.4 is 5.32 Å². The Kier molecular flexibility index (Phi) is 2.74. The van der Waals surface area contributed by atoms with Gasteiger partial charge < -0.3 is 5.11 Å². The number of likely N-dealkylation sites (N-methyl/N-ethyl adjacent to an activating group) is 1. The van der Waals surface area contributed by atoms with Crippen LogP contribution in [0.5, 0.6) is 0 Å². The predicted molar refractivity (Wildman–Crippen MR) is 50.2 cm³/mol. The maximum absolute atomic E-state index is 10.8. The Balaban J connectivity index is 2.37. The minimum absolute atomic E-state index is 0.705. The molecule has 0 aromatic carbocycles. The van der Waals surface area contributed by atoms with E-state index in [0.717, 1.165) is 18.4 Å². The van der Waals surface area contributed by atoms with Gasteiger partial charge in [-0.2, -0.15) is 0 Å². The summed E-state index contributed by atoms with van der Waals surface area (Å²) in [5, 5.41) is 11.7. The molecule has 1 aliphatic carbocycles. The first-order chi connectivity index (χ1) is 6.17. The maximum atomic E-state index is 10.8.